The highest BCUT2D eigenvalue weighted by molar-refractivity contribution is 5.89. The molecule has 22 heavy (non-hydrogen) atoms. The minimum atomic E-state index is -0.127. The number of likely N-dealkylation sites (tertiary alicyclic amines) is 1. The van der Waals surface area contributed by atoms with Gasteiger partial charge in [0.1, 0.15) is 0 Å². The van der Waals surface area contributed by atoms with Crippen LogP contribution in [0.25, 0.3) is 0 Å². The molecule has 0 bridgehead atoms. The quantitative estimate of drug-likeness (QED) is 0.837. The van der Waals surface area contributed by atoms with E-state index >= 15 is 0 Å². The number of hydrogen-bond acceptors (Lipinski definition) is 2. The van der Waals surface area contributed by atoms with Crippen LogP contribution in [-0.2, 0) is 22.6 Å². The Morgan fingerprint density at radius 3 is 2.64 bits per heavy atom. The molecule has 4 rings (SSSR count). The molecule has 116 valence electrons. The summed E-state index contributed by atoms with van der Waals surface area (Å²) in [5, 5.41) is 0. The van der Waals surface area contributed by atoms with Crippen molar-refractivity contribution in [2.24, 2.45) is 5.92 Å². The van der Waals surface area contributed by atoms with Crippen molar-refractivity contribution in [2.75, 3.05) is 13.1 Å². The highest BCUT2D eigenvalue weighted by atomic mass is 16.2. The number of fused-ring (bicyclic) bond motifs is 1. The topological polar surface area (TPSA) is 40.6 Å². The maximum Gasteiger partial charge on any atom is 0.228 e. The third kappa shape index (κ3) is 2.31. The summed E-state index contributed by atoms with van der Waals surface area (Å²) in [6.07, 6.45) is 4.78. The summed E-state index contributed by atoms with van der Waals surface area (Å²) in [6.45, 7) is 2.12. The molecule has 1 unspecified atom stereocenters. The first kappa shape index (κ1) is 13.8. The van der Waals surface area contributed by atoms with Gasteiger partial charge in [0.25, 0.3) is 0 Å². The first-order chi connectivity index (χ1) is 10.7. The van der Waals surface area contributed by atoms with Crippen molar-refractivity contribution >= 4 is 11.8 Å². The molecule has 0 spiro atoms. The maximum absolute atomic E-state index is 12.8. The van der Waals surface area contributed by atoms with Crippen molar-refractivity contribution in [2.45, 2.75) is 44.7 Å². The Morgan fingerprint density at radius 1 is 1.14 bits per heavy atom. The fourth-order valence-electron chi connectivity index (χ4n) is 3.89. The van der Waals surface area contributed by atoms with E-state index in [0.29, 0.717) is 25.6 Å². The lowest BCUT2D eigenvalue weighted by atomic mass is 9.92. The zero-order chi connectivity index (χ0) is 15.1. The van der Waals surface area contributed by atoms with Crippen molar-refractivity contribution in [3.63, 3.8) is 0 Å². The fraction of sp³-hybridized carbons (Fsp3) is 0.556. The zero-order valence-corrected chi connectivity index (χ0v) is 12.8. The van der Waals surface area contributed by atoms with E-state index in [-0.39, 0.29) is 17.7 Å². The molecular formula is C18H22N2O2. The number of benzene rings is 1. The number of hydrogen-bond donors (Lipinski definition) is 0. The lowest BCUT2D eigenvalue weighted by molar-refractivity contribution is -0.136. The average molecular weight is 298 g/mol. The van der Waals surface area contributed by atoms with Crippen molar-refractivity contribution in [1.29, 1.82) is 0 Å². The first-order valence-corrected chi connectivity index (χ1v) is 8.37. The van der Waals surface area contributed by atoms with Gasteiger partial charge in [-0.1, -0.05) is 24.3 Å². The van der Waals surface area contributed by atoms with Crippen LogP contribution in [0.3, 0.4) is 0 Å². The molecule has 2 heterocycles. The van der Waals surface area contributed by atoms with E-state index in [9.17, 15) is 9.59 Å². The second-order valence-electron chi connectivity index (χ2n) is 6.81. The fourth-order valence-corrected chi connectivity index (χ4v) is 3.89. The number of carbonyl (C=O) groups is 2. The molecule has 1 atom stereocenters. The second-order valence-corrected chi connectivity index (χ2v) is 6.81. The molecule has 1 aliphatic carbocycles. The van der Waals surface area contributed by atoms with Gasteiger partial charge in [0.2, 0.25) is 11.8 Å². The predicted molar refractivity (Wildman–Crippen MR) is 83.0 cm³/mol. The van der Waals surface area contributed by atoms with Crippen molar-refractivity contribution < 1.29 is 9.59 Å². The van der Waals surface area contributed by atoms with Crippen LogP contribution in [0.1, 0.15) is 36.8 Å². The predicted octanol–water partition coefficient (Wildman–Crippen LogP) is 1.97. The van der Waals surface area contributed by atoms with Crippen LogP contribution < -0.4 is 0 Å². The van der Waals surface area contributed by atoms with Gasteiger partial charge >= 0.3 is 0 Å². The molecule has 1 saturated carbocycles. The zero-order valence-electron chi connectivity index (χ0n) is 12.8. The van der Waals surface area contributed by atoms with E-state index in [0.717, 1.165) is 25.8 Å². The van der Waals surface area contributed by atoms with Crippen LogP contribution in [-0.4, -0.2) is 40.7 Å². The van der Waals surface area contributed by atoms with Gasteiger partial charge in [-0.3, -0.25) is 9.59 Å². The summed E-state index contributed by atoms with van der Waals surface area (Å²) in [4.78, 5) is 28.8. The monoisotopic (exact) mass is 298 g/mol. The van der Waals surface area contributed by atoms with Gasteiger partial charge in [0.05, 0.1) is 5.92 Å². The standard InChI is InChI=1S/C18H22N2O2/c21-17-10-15(12-20(17)16-6-3-7-16)18(22)19-9-8-13-4-1-2-5-14(13)11-19/h1-2,4-5,15-16H,3,6-12H2. The highest BCUT2D eigenvalue weighted by Gasteiger charge is 2.41. The molecule has 2 fully saturated rings. The maximum atomic E-state index is 12.8. The van der Waals surface area contributed by atoms with Gasteiger partial charge in [-0.2, -0.15) is 0 Å². The molecule has 1 aromatic carbocycles. The van der Waals surface area contributed by atoms with E-state index in [1.165, 1.54) is 17.5 Å². The largest absolute Gasteiger partial charge is 0.339 e. The number of amides is 2. The Kier molecular flexibility index (Phi) is 3.40. The van der Waals surface area contributed by atoms with Crippen LogP contribution in [0, 0.1) is 5.92 Å². The molecule has 4 heteroatoms. The Hall–Kier alpha value is -1.84. The lowest BCUT2D eigenvalue weighted by Crippen LogP contribution is -2.43. The number of carbonyl (C=O) groups excluding carboxylic acids is 2. The third-order valence-electron chi connectivity index (χ3n) is 5.47. The van der Waals surface area contributed by atoms with Gasteiger partial charge in [-0.25, -0.2) is 0 Å². The summed E-state index contributed by atoms with van der Waals surface area (Å²) in [5.41, 5.74) is 2.60. The number of nitrogens with zero attached hydrogens (tertiary/aromatic N) is 2. The van der Waals surface area contributed by atoms with Crippen molar-refractivity contribution in [1.82, 2.24) is 9.80 Å². The molecule has 0 aromatic heterocycles. The minimum absolute atomic E-state index is 0.127. The number of rotatable bonds is 2. The summed E-state index contributed by atoms with van der Waals surface area (Å²) in [6, 6.07) is 8.75. The lowest BCUT2D eigenvalue weighted by Gasteiger charge is -2.35. The Labute approximate surface area is 131 Å². The molecule has 0 radical (unpaired) electrons. The van der Waals surface area contributed by atoms with Gasteiger partial charge in [-0.15, -0.1) is 0 Å². The van der Waals surface area contributed by atoms with E-state index in [4.69, 9.17) is 0 Å². The van der Waals surface area contributed by atoms with E-state index in [1.807, 2.05) is 15.9 Å². The van der Waals surface area contributed by atoms with Gasteiger partial charge in [-0.05, 0) is 36.8 Å². The highest BCUT2D eigenvalue weighted by Crippen LogP contribution is 2.32. The van der Waals surface area contributed by atoms with E-state index in [2.05, 4.69) is 18.2 Å². The summed E-state index contributed by atoms with van der Waals surface area (Å²) in [5.74, 6) is 0.225. The molecule has 2 amide bonds. The second kappa shape index (κ2) is 5.41. The van der Waals surface area contributed by atoms with Crippen molar-refractivity contribution in [3.05, 3.63) is 35.4 Å². The molecule has 2 aliphatic heterocycles. The molecule has 1 saturated heterocycles. The molecule has 1 aromatic rings. The van der Waals surface area contributed by atoms with Crippen molar-refractivity contribution in [3.8, 4) is 0 Å². The molecule has 4 nitrogen and oxygen atoms in total. The van der Waals surface area contributed by atoms with Crippen LogP contribution in [0.5, 0.6) is 0 Å². The minimum Gasteiger partial charge on any atom is -0.339 e. The van der Waals surface area contributed by atoms with Crippen LogP contribution in [0.2, 0.25) is 0 Å². The first-order valence-electron chi connectivity index (χ1n) is 8.37. The smallest absolute Gasteiger partial charge is 0.228 e. The van der Waals surface area contributed by atoms with E-state index < -0.39 is 0 Å². The van der Waals surface area contributed by atoms with Crippen LogP contribution >= 0.6 is 0 Å². The molecule has 3 aliphatic rings. The SMILES string of the molecule is O=C(C1CC(=O)N(C2CCC2)C1)N1CCc2ccccc2C1. The van der Waals surface area contributed by atoms with E-state index in [1.54, 1.807) is 0 Å². The Morgan fingerprint density at radius 2 is 1.91 bits per heavy atom. The average Bonchev–Trinajstić information content (AvgIpc) is 2.86. The Balaban J connectivity index is 1.43. The third-order valence-corrected chi connectivity index (χ3v) is 5.47. The molecular weight excluding hydrogens is 276 g/mol. The normalized spacial score (nSPS) is 25.1. The van der Waals surface area contributed by atoms with Crippen LogP contribution in [0.15, 0.2) is 24.3 Å². The van der Waals surface area contributed by atoms with Crippen LogP contribution in [0.4, 0.5) is 0 Å². The Bertz CT molecular complexity index is 609. The summed E-state index contributed by atoms with van der Waals surface area (Å²) >= 11 is 0. The molecule has 0 N–H and O–H groups in total. The van der Waals surface area contributed by atoms with Gasteiger partial charge < -0.3 is 9.80 Å². The van der Waals surface area contributed by atoms with Gasteiger partial charge in [0, 0.05) is 32.1 Å². The van der Waals surface area contributed by atoms with Gasteiger partial charge in [0.15, 0.2) is 0 Å². The summed E-state index contributed by atoms with van der Waals surface area (Å²) < 4.78 is 0. The summed E-state index contributed by atoms with van der Waals surface area (Å²) in [7, 11) is 0.